The Morgan fingerprint density at radius 3 is 2.41 bits per heavy atom. The summed E-state index contributed by atoms with van der Waals surface area (Å²) >= 11 is 1.60. The lowest BCUT2D eigenvalue weighted by Crippen LogP contribution is -2.23. The molecule has 6 heteroatoms. The van der Waals surface area contributed by atoms with Crippen molar-refractivity contribution < 1.29 is 4.79 Å². The zero-order valence-electron chi connectivity index (χ0n) is 17.7. The summed E-state index contributed by atoms with van der Waals surface area (Å²) in [6, 6.07) is 25.3. The fourth-order valence-corrected chi connectivity index (χ4v) is 4.46. The number of rotatable bonds is 7. The minimum atomic E-state index is -0.178. The highest BCUT2D eigenvalue weighted by molar-refractivity contribution is 7.99. The first-order valence-corrected chi connectivity index (χ1v) is 11.2. The van der Waals surface area contributed by atoms with E-state index >= 15 is 0 Å². The summed E-state index contributed by atoms with van der Waals surface area (Å²) in [5.41, 5.74) is 10.4. The van der Waals surface area contributed by atoms with Crippen molar-refractivity contribution in [3.8, 4) is 0 Å². The molecule has 0 aliphatic heterocycles. The normalized spacial score (nSPS) is 11.7. The van der Waals surface area contributed by atoms with Crippen LogP contribution in [0, 0.1) is 0 Å². The van der Waals surface area contributed by atoms with Crippen molar-refractivity contribution in [1.29, 1.82) is 0 Å². The standard InChI is InChI=1S/C26H24N4OS/c1-18(23-10-5-7-15-29-23)21-9-2-3-11-24(21)32-25-13-12-19(16-22(25)27)26(31)30-17-20-8-4-6-14-28-20/h2-16,18H,17,27H2,1H3,(H,30,31). The van der Waals surface area contributed by atoms with E-state index in [1.54, 1.807) is 30.1 Å². The molecule has 0 saturated heterocycles. The SMILES string of the molecule is CC(c1ccccn1)c1ccccc1Sc1ccc(C(=O)NCc2ccccn2)cc1N. The Morgan fingerprint density at radius 1 is 0.938 bits per heavy atom. The van der Waals surface area contributed by atoms with Crippen LogP contribution in [0.15, 0.2) is 101 Å². The highest BCUT2D eigenvalue weighted by Gasteiger charge is 2.16. The Balaban J connectivity index is 1.49. The maximum Gasteiger partial charge on any atom is 0.251 e. The lowest BCUT2D eigenvalue weighted by Gasteiger charge is -2.16. The number of hydrogen-bond donors (Lipinski definition) is 2. The topological polar surface area (TPSA) is 80.9 Å². The Hall–Kier alpha value is -3.64. The van der Waals surface area contributed by atoms with E-state index < -0.39 is 0 Å². The van der Waals surface area contributed by atoms with E-state index in [2.05, 4.69) is 34.3 Å². The molecule has 1 amide bonds. The Kier molecular flexibility index (Phi) is 6.82. The van der Waals surface area contributed by atoms with Crippen molar-refractivity contribution in [1.82, 2.24) is 15.3 Å². The highest BCUT2D eigenvalue weighted by atomic mass is 32.2. The van der Waals surface area contributed by atoms with Gasteiger partial charge in [-0.15, -0.1) is 0 Å². The van der Waals surface area contributed by atoms with Crippen LogP contribution >= 0.6 is 11.8 Å². The van der Waals surface area contributed by atoms with Gasteiger partial charge in [-0.05, 0) is 54.1 Å². The zero-order valence-corrected chi connectivity index (χ0v) is 18.5. The first-order chi connectivity index (χ1) is 15.6. The van der Waals surface area contributed by atoms with E-state index in [0.717, 1.165) is 21.2 Å². The van der Waals surface area contributed by atoms with Gasteiger partial charge in [-0.1, -0.05) is 49.0 Å². The average molecular weight is 441 g/mol. The van der Waals surface area contributed by atoms with E-state index in [1.807, 2.05) is 60.8 Å². The molecule has 1 unspecified atom stereocenters. The molecule has 1 atom stereocenters. The maximum absolute atomic E-state index is 12.5. The average Bonchev–Trinajstić information content (AvgIpc) is 2.85. The number of nitrogen functional groups attached to an aromatic ring is 1. The van der Waals surface area contributed by atoms with E-state index in [-0.39, 0.29) is 11.8 Å². The summed E-state index contributed by atoms with van der Waals surface area (Å²) in [6.07, 6.45) is 3.52. The monoisotopic (exact) mass is 440 g/mol. The number of pyridine rings is 2. The number of nitrogens with one attached hydrogen (secondary N) is 1. The predicted octanol–water partition coefficient (Wildman–Crippen LogP) is 5.29. The second kappa shape index (κ2) is 10.1. The maximum atomic E-state index is 12.5. The van der Waals surface area contributed by atoms with Crippen molar-refractivity contribution in [2.45, 2.75) is 29.2 Å². The van der Waals surface area contributed by atoms with Gasteiger partial charge in [0.2, 0.25) is 0 Å². The van der Waals surface area contributed by atoms with Crippen LogP contribution in [0.2, 0.25) is 0 Å². The number of nitrogens with zero attached hydrogens (tertiary/aromatic N) is 2. The van der Waals surface area contributed by atoms with Gasteiger partial charge in [0.05, 0.1) is 12.2 Å². The molecule has 2 heterocycles. The van der Waals surface area contributed by atoms with Crippen LogP contribution in [0.5, 0.6) is 0 Å². The predicted molar refractivity (Wildman–Crippen MR) is 129 cm³/mol. The van der Waals surface area contributed by atoms with Crippen molar-refractivity contribution in [2.75, 3.05) is 5.73 Å². The van der Waals surface area contributed by atoms with Crippen molar-refractivity contribution in [3.05, 3.63) is 114 Å². The number of carbonyl (C=O) groups is 1. The van der Waals surface area contributed by atoms with Gasteiger partial charge in [-0.2, -0.15) is 0 Å². The second-order valence-electron chi connectivity index (χ2n) is 7.37. The number of hydrogen-bond acceptors (Lipinski definition) is 5. The third-order valence-corrected chi connectivity index (χ3v) is 6.35. The number of anilines is 1. The van der Waals surface area contributed by atoms with Crippen molar-refractivity contribution in [2.24, 2.45) is 0 Å². The molecule has 0 radical (unpaired) electrons. The molecule has 4 aromatic rings. The second-order valence-corrected chi connectivity index (χ2v) is 8.46. The van der Waals surface area contributed by atoms with Crippen LogP contribution in [0.3, 0.4) is 0 Å². The van der Waals surface area contributed by atoms with Gasteiger partial charge in [-0.3, -0.25) is 14.8 Å². The fraction of sp³-hybridized carbons (Fsp3) is 0.115. The Labute approximate surface area is 192 Å². The third kappa shape index (κ3) is 5.15. The molecule has 0 aliphatic rings. The molecule has 32 heavy (non-hydrogen) atoms. The number of amides is 1. The molecule has 2 aromatic carbocycles. The molecule has 0 bridgehead atoms. The van der Waals surface area contributed by atoms with Gasteiger partial charge in [0.15, 0.2) is 0 Å². The molecule has 160 valence electrons. The summed E-state index contributed by atoms with van der Waals surface area (Å²) in [5.74, 6) is -0.0270. The number of nitrogens with two attached hydrogens (primary N) is 1. The highest BCUT2D eigenvalue weighted by Crippen LogP contribution is 2.38. The summed E-state index contributed by atoms with van der Waals surface area (Å²) in [6.45, 7) is 2.52. The minimum absolute atomic E-state index is 0.151. The number of aromatic nitrogens is 2. The van der Waals surface area contributed by atoms with Gasteiger partial charge in [0.25, 0.3) is 5.91 Å². The molecule has 0 aliphatic carbocycles. The van der Waals surface area contributed by atoms with Crippen LogP contribution in [-0.4, -0.2) is 15.9 Å². The van der Waals surface area contributed by atoms with Crippen molar-refractivity contribution >= 4 is 23.4 Å². The first-order valence-electron chi connectivity index (χ1n) is 10.4. The van der Waals surface area contributed by atoms with Crippen LogP contribution < -0.4 is 11.1 Å². The summed E-state index contributed by atoms with van der Waals surface area (Å²) in [7, 11) is 0. The summed E-state index contributed by atoms with van der Waals surface area (Å²) in [5, 5.41) is 2.88. The van der Waals surface area contributed by atoms with Crippen LogP contribution in [0.25, 0.3) is 0 Å². The van der Waals surface area contributed by atoms with Crippen LogP contribution in [0.1, 0.15) is 40.2 Å². The number of benzene rings is 2. The van der Waals surface area contributed by atoms with Gasteiger partial charge < -0.3 is 11.1 Å². The smallest absolute Gasteiger partial charge is 0.251 e. The summed E-state index contributed by atoms with van der Waals surface area (Å²) < 4.78 is 0. The molecule has 2 aromatic heterocycles. The van der Waals surface area contributed by atoms with Gasteiger partial charge in [0, 0.05) is 45.0 Å². The quantitative estimate of drug-likeness (QED) is 0.382. The lowest BCUT2D eigenvalue weighted by molar-refractivity contribution is 0.0950. The van der Waals surface area contributed by atoms with Crippen LogP contribution in [-0.2, 0) is 6.54 Å². The molecule has 0 saturated carbocycles. The molecule has 3 N–H and O–H groups in total. The van der Waals surface area contributed by atoms with E-state index in [1.165, 1.54) is 5.56 Å². The molecular weight excluding hydrogens is 416 g/mol. The molecule has 0 fully saturated rings. The largest absolute Gasteiger partial charge is 0.398 e. The molecule has 5 nitrogen and oxygen atoms in total. The van der Waals surface area contributed by atoms with E-state index in [9.17, 15) is 4.79 Å². The van der Waals surface area contributed by atoms with Gasteiger partial charge in [-0.25, -0.2) is 0 Å². The number of carbonyl (C=O) groups excluding carboxylic acids is 1. The molecular formula is C26H24N4OS. The van der Waals surface area contributed by atoms with Gasteiger partial charge in [0.1, 0.15) is 0 Å². The molecule has 0 spiro atoms. The molecule has 4 rings (SSSR count). The zero-order chi connectivity index (χ0) is 22.3. The lowest BCUT2D eigenvalue weighted by atomic mass is 9.97. The fourth-order valence-electron chi connectivity index (χ4n) is 3.40. The van der Waals surface area contributed by atoms with Crippen LogP contribution in [0.4, 0.5) is 5.69 Å². The van der Waals surface area contributed by atoms with Gasteiger partial charge >= 0.3 is 0 Å². The first kappa shape index (κ1) is 21.6. The van der Waals surface area contributed by atoms with E-state index in [4.69, 9.17) is 5.73 Å². The van der Waals surface area contributed by atoms with Crippen molar-refractivity contribution in [3.63, 3.8) is 0 Å². The van der Waals surface area contributed by atoms with E-state index in [0.29, 0.717) is 17.8 Å². The Morgan fingerprint density at radius 2 is 1.69 bits per heavy atom. The third-order valence-electron chi connectivity index (χ3n) is 5.17. The Bertz CT molecular complexity index is 1200. The summed E-state index contributed by atoms with van der Waals surface area (Å²) in [4.78, 5) is 23.3. The minimum Gasteiger partial charge on any atom is -0.398 e.